The largest absolute Gasteiger partial charge is 0.481 e. The molecule has 0 aromatic heterocycles. The number of aliphatic carboxylic acids is 1. The van der Waals surface area contributed by atoms with Crippen molar-refractivity contribution in [1.29, 1.82) is 0 Å². The van der Waals surface area contributed by atoms with Crippen molar-refractivity contribution < 1.29 is 24.2 Å². The average molecular weight is 284 g/mol. The predicted octanol–water partition coefficient (Wildman–Crippen LogP) is 0.145. The molecule has 7 nitrogen and oxygen atoms in total. The zero-order valence-corrected chi connectivity index (χ0v) is 11.4. The molecule has 112 valence electrons. The highest BCUT2D eigenvalue weighted by Crippen LogP contribution is 2.27. The van der Waals surface area contributed by atoms with Crippen LogP contribution in [0, 0.1) is 0 Å². The third kappa shape index (κ3) is 2.88. The SMILES string of the molecule is O=C(O)CC1CN(C(=O)N2CC3CCC(C2)O3)CCO1. The standard InChI is InChI=1S/C13H20N2O5/c16-12(17)5-11-8-14(3-4-19-11)13(18)15-6-9-1-2-10(7-15)20-9/h9-11H,1-8H2,(H,16,17). The first-order valence-electron chi connectivity index (χ1n) is 7.14. The monoisotopic (exact) mass is 284 g/mol. The first kappa shape index (κ1) is 13.6. The summed E-state index contributed by atoms with van der Waals surface area (Å²) in [5.41, 5.74) is 0. The Morgan fingerprint density at radius 1 is 1.10 bits per heavy atom. The number of carbonyl (C=O) groups is 2. The lowest BCUT2D eigenvalue weighted by atomic mass is 10.2. The molecule has 7 heteroatoms. The Bertz CT molecular complexity index is 390. The lowest BCUT2D eigenvalue weighted by Crippen LogP contribution is -2.55. The smallest absolute Gasteiger partial charge is 0.320 e. The van der Waals surface area contributed by atoms with Crippen LogP contribution in [0.1, 0.15) is 19.3 Å². The summed E-state index contributed by atoms with van der Waals surface area (Å²) >= 11 is 0. The number of carboxylic acids is 1. The molecule has 3 atom stereocenters. The average Bonchev–Trinajstić information content (AvgIpc) is 2.76. The quantitative estimate of drug-likeness (QED) is 0.780. The second-order valence-electron chi connectivity index (χ2n) is 5.68. The van der Waals surface area contributed by atoms with E-state index < -0.39 is 12.1 Å². The molecule has 20 heavy (non-hydrogen) atoms. The number of hydrogen-bond acceptors (Lipinski definition) is 4. The molecular weight excluding hydrogens is 264 g/mol. The number of morpholine rings is 2. The molecule has 0 spiro atoms. The van der Waals surface area contributed by atoms with Crippen LogP contribution in [0.5, 0.6) is 0 Å². The molecule has 0 aromatic rings. The molecule has 3 aliphatic heterocycles. The molecule has 3 aliphatic rings. The Labute approximate surface area is 117 Å². The maximum atomic E-state index is 12.5. The number of urea groups is 1. The van der Waals surface area contributed by atoms with E-state index in [-0.39, 0.29) is 24.7 Å². The summed E-state index contributed by atoms with van der Waals surface area (Å²) in [6.45, 7) is 2.59. The van der Waals surface area contributed by atoms with Gasteiger partial charge in [-0.15, -0.1) is 0 Å². The van der Waals surface area contributed by atoms with Gasteiger partial charge in [0.15, 0.2) is 0 Å². The molecule has 0 aromatic carbocycles. The van der Waals surface area contributed by atoms with Crippen LogP contribution in [0.2, 0.25) is 0 Å². The summed E-state index contributed by atoms with van der Waals surface area (Å²) in [5.74, 6) is -0.895. The summed E-state index contributed by atoms with van der Waals surface area (Å²) in [6, 6.07) is -0.0103. The number of likely N-dealkylation sites (tertiary alicyclic amines) is 1. The van der Waals surface area contributed by atoms with Gasteiger partial charge in [0.2, 0.25) is 0 Å². The first-order valence-corrected chi connectivity index (χ1v) is 7.14. The van der Waals surface area contributed by atoms with Crippen LogP contribution in [-0.2, 0) is 14.3 Å². The summed E-state index contributed by atoms with van der Waals surface area (Å²) in [7, 11) is 0. The van der Waals surface area contributed by atoms with E-state index in [1.165, 1.54) is 0 Å². The fourth-order valence-electron chi connectivity index (χ4n) is 3.18. The molecule has 3 unspecified atom stereocenters. The van der Waals surface area contributed by atoms with Crippen molar-refractivity contribution in [1.82, 2.24) is 9.80 Å². The molecule has 1 N–H and O–H groups in total. The highest BCUT2D eigenvalue weighted by molar-refractivity contribution is 5.75. The van der Waals surface area contributed by atoms with E-state index in [9.17, 15) is 9.59 Å². The van der Waals surface area contributed by atoms with Crippen molar-refractivity contribution in [2.75, 3.05) is 32.8 Å². The maximum Gasteiger partial charge on any atom is 0.320 e. The number of fused-ring (bicyclic) bond motifs is 2. The van der Waals surface area contributed by atoms with Gasteiger partial charge < -0.3 is 24.4 Å². The molecule has 3 rings (SSSR count). The second-order valence-corrected chi connectivity index (χ2v) is 5.68. The summed E-state index contributed by atoms with van der Waals surface area (Å²) < 4.78 is 11.1. The van der Waals surface area contributed by atoms with E-state index >= 15 is 0 Å². The number of carbonyl (C=O) groups excluding carboxylic acids is 1. The van der Waals surface area contributed by atoms with Gasteiger partial charge in [0.05, 0.1) is 31.3 Å². The Balaban J connectivity index is 1.57. The fraction of sp³-hybridized carbons (Fsp3) is 0.846. The van der Waals surface area contributed by atoms with Gasteiger partial charge in [0.25, 0.3) is 0 Å². The Kier molecular flexibility index (Phi) is 3.80. The molecule has 0 radical (unpaired) electrons. The van der Waals surface area contributed by atoms with Gasteiger partial charge in [0, 0.05) is 26.2 Å². The minimum Gasteiger partial charge on any atom is -0.481 e. The Hall–Kier alpha value is -1.34. The first-order chi connectivity index (χ1) is 9.61. The van der Waals surface area contributed by atoms with Crippen molar-refractivity contribution in [2.24, 2.45) is 0 Å². The van der Waals surface area contributed by atoms with Gasteiger partial charge in [-0.1, -0.05) is 0 Å². The maximum absolute atomic E-state index is 12.5. The number of ether oxygens (including phenoxy) is 2. The van der Waals surface area contributed by atoms with Gasteiger partial charge in [-0.25, -0.2) is 4.79 Å². The van der Waals surface area contributed by atoms with Gasteiger partial charge >= 0.3 is 12.0 Å². The number of hydrogen-bond donors (Lipinski definition) is 1. The number of carboxylic acid groups (broad SMARTS) is 1. The van der Waals surface area contributed by atoms with E-state index in [0.29, 0.717) is 32.8 Å². The minimum absolute atomic E-state index is 0.0103. The third-order valence-corrected chi connectivity index (χ3v) is 4.13. The molecular formula is C13H20N2O5. The minimum atomic E-state index is -0.895. The van der Waals surface area contributed by atoms with E-state index in [4.69, 9.17) is 14.6 Å². The van der Waals surface area contributed by atoms with E-state index in [2.05, 4.69) is 0 Å². The van der Waals surface area contributed by atoms with Crippen LogP contribution in [0.25, 0.3) is 0 Å². The topological polar surface area (TPSA) is 79.3 Å². The van der Waals surface area contributed by atoms with Gasteiger partial charge in [-0.05, 0) is 12.8 Å². The predicted molar refractivity (Wildman–Crippen MR) is 68.4 cm³/mol. The zero-order valence-electron chi connectivity index (χ0n) is 11.4. The highest BCUT2D eigenvalue weighted by atomic mass is 16.5. The zero-order chi connectivity index (χ0) is 14.1. The van der Waals surface area contributed by atoms with Gasteiger partial charge in [-0.2, -0.15) is 0 Å². The molecule has 0 saturated carbocycles. The normalized spacial score (nSPS) is 33.3. The molecule has 3 saturated heterocycles. The van der Waals surface area contributed by atoms with E-state index in [1.54, 1.807) is 4.90 Å². The van der Waals surface area contributed by atoms with Crippen LogP contribution in [0.4, 0.5) is 4.79 Å². The van der Waals surface area contributed by atoms with Gasteiger partial charge in [0.1, 0.15) is 0 Å². The van der Waals surface area contributed by atoms with Crippen molar-refractivity contribution >= 4 is 12.0 Å². The van der Waals surface area contributed by atoms with Crippen LogP contribution in [0.3, 0.4) is 0 Å². The van der Waals surface area contributed by atoms with Crippen molar-refractivity contribution in [3.63, 3.8) is 0 Å². The molecule has 2 amide bonds. The molecule has 3 fully saturated rings. The Morgan fingerprint density at radius 3 is 2.45 bits per heavy atom. The van der Waals surface area contributed by atoms with Gasteiger partial charge in [-0.3, -0.25) is 4.79 Å². The lowest BCUT2D eigenvalue weighted by molar-refractivity contribution is -0.141. The van der Waals surface area contributed by atoms with Crippen LogP contribution >= 0.6 is 0 Å². The highest BCUT2D eigenvalue weighted by Gasteiger charge is 2.38. The van der Waals surface area contributed by atoms with Crippen LogP contribution in [-0.4, -0.2) is 78.0 Å². The van der Waals surface area contributed by atoms with E-state index in [1.807, 2.05) is 4.90 Å². The molecule has 0 aliphatic carbocycles. The van der Waals surface area contributed by atoms with E-state index in [0.717, 1.165) is 12.8 Å². The lowest BCUT2D eigenvalue weighted by Gasteiger charge is -2.39. The summed E-state index contributed by atoms with van der Waals surface area (Å²) in [5, 5.41) is 8.81. The van der Waals surface area contributed by atoms with Crippen LogP contribution in [0.15, 0.2) is 0 Å². The van der Waals surface area contributed by atoms with Crippen molar-refractivity contribution in [3.8, 4) is 0 Å². The number of amides is 2. The fourth-order valence-corrected chi connectivity index (χ4v) is 3.18. The third-order valence-electron chi connectivity index (χ3n) is 4.13. The van der Waals surface area contributed by atoms with Crippen LogP contribution < -0.4 is 0 Å². The number of nitrogens with zero attached hydrogens (tertiary/aromatic N) is 2. The van der Waals surface area contributed by atoms with Crippen molar-refractivity contribution in [2.45, 2.75) is 37.6 Å². The summed E-state index contributed by atoms with van der Waals surface area (Å²) in [4.78, 5) is 26.8. The second kappa shape index (κ2) is 5.57. The number of rotatable bonds is 2. The Morgan fingerprint density at radius 2 is 1.80 bits per heavy atom. The molecule has 3 heterocycles. The summed E-state index contributed by atoms with van der Waals surface area (Å²) in [6.07, 6.45) is 1.95. The van der Waals surface area contributed by atoms with Crippen molar-refractivity contribution in [3.05, 3.63) is 0 Å². The molecule has 2 bridgehead atoms.